The lowest BCUT2D eigenvalue weighted by Crippen LogP contribution is -2.36. The van der Waals surface area contributed by atoms with E-state index < -0.39 is 0 Å². The van der Waals surface area contributed by atoms with Gasteiger partial charge in [0.1, 0.15) is 11.5 Å². The van der Waals surface area contributed by atoms with E-state index in [4.69, 9.17) is 9.72 Å². The van der Waals surface area contributed by atoms with Gasteiger partial charge in [-0.1, -0.05) is 19.9 Å². The van der Waals surface area contributed by atoms with E-state index in [9.17, 15) is 4.79 Å². The Bertz CT molecular complexity index is 1030. The molecule has 1 aromatic carbocycles. The van der Waals surface area contributed by atoms with E-state index >= 15 is 0 Å². The number of ether oxygens (including phenoxy) is 1. The van der Waals surface area contributed by atoms with Gasteiger partial charge in [-0.3, -0.25) is 9.78 Å². The lowest BCUT2D eigenvalue weighted by atomic mass is 10.1. The maximum absolute atomic E-state index is 10.3. The fraction of sp³-hybridized carbons (Fsp3) is 0.375. The summed E-state index contributed by atoms with van der Waals surface area (Å²) in [7, 11) is 1.92. The number of hydrogen-bond acceptors (Lipinski definition) is 8. The van der Waals surface area contributed by atoms with Gasteiger partial charge >= 0.3 is 0 Å². The van der Waals surface area contributed by atoms with Gasteiger partial charge < -0.3 is 15.0 Å². The van der Waals surface area contributed by atoms with Gasteiger partial charge in [0, 0.05) is 31.4 Å². The van der Waals surface area contributed by atoms with Crippen LogP contribution in [0.15, 0.2) is 42.9 Å². The topological polar surface area (TPSA) is 93.1 Å². The van der Waals surface area contributed by atoms with Crippen molar-refractivity contribution in [2.24, 2.45) is 0 Å². The number of nitrogens with zero attached hydrogens (tertiary/aromatic N) is 5. The van der Waals surface area contributed by atoms with Crippen molar-refractivity contribution in [2.75, 3.05) is 43.6 Å². The van der Waals surface area contributed by atoms with Crippen LogP contribution < -0.4 is 10.2 Å². The van der Waals surface area contributed by atoms with Crippen molar-refractivity contribution in [3.8, 4) is 11.3 Å². The summed E-state index contributed by atoms with van der Waals surface area (Å²) in [5.41, 5.74) is 5.74. The summed E-state index contributed by atoms with van der Waals surface area (Å²) >= 11 is 0. The quantitative estimate of drug-likeness (QED) is 0.607. The van der Waals surface area contributed by atoms with Crippen LogP contribution in [-0.2, 0) is 4.74 Å². The summed E-state index contributed by atoms with van der Waals surface area (Å²) < 4.78 is 5.39. The van der Waals surface area contributed by atoms with Crippen molar-refractivity contribution in [3.05, 3.63) is 59.7 Å². The highest BCUT2D eigenvalue weighted by Crippen LogP contribution is 2.26. The van der Waals surface area contributed by atoms with Crippen LogP contribution in [-0.4, -0.2) is 59.8 Å². The summed E-state index contributed by atoms with van der Waals surface area (Å²) in [5.74, 6) is 1.31. The molecule has 2 aromatic heterocycles. The third-order valence-electron chi connectivity index (χ3n) is 5.24. The number of nitrogens with one attached hydrogen (secondary N) is 1. The van der Waals surface area contributed by atoms with E-state index in [2.05, 4.69) is 50.5 Å². The number of aromatic nitrogens is 4. The Kier molecular flexibility index (Phi) is 8.21. The average molecular weight is 435 g/mol. The molecule has 0 bridgehead atoms. The molecule has 1 aliphatic rings. The number of carbonyl (C=O) groups is 1. The van der Waals surface area contributed by atoms with E-state index in [1.54, 1.807) is 12.3 Å². The van der Waals surface area contributed by atoms with E-state index in [0.717, 1.165) is 54.6 Å². The minimum atomic E-state index is 0.393. The molecule has 0 radical (unpaired) electrons. The highest BCUT2D eigenvalue weighted by Gasteiger charge is 2.14. The number of hydrogen-bond donors (Lipinski definition) is 1. The molecule has 8 heteroatoms. The molecule has 0 amide bonds. The molecule has 168 valence electrons. The first-order chi connectivity index (χ1) is 15.5. The second kappa shape index (κ2) is 11.3. The number of carbonyl (C=O) groups excluding carboxylic acids is 1. The highest BCUT2D eigenvalue weighted by atomic mass is 16.5. The first kappa shape index (κ1) is 23.3. The Hall–Kier alpha value is -3.39. The number of aldehydes is 1. The minimum Gasteiger partial charge on any atom is -0.388 e. The summed E-state index contributed by atoms with van der Waals surface area (Å²) in [6.07, 6.45) is 6.04. The van der Waals surface area contributed by atoms with Crippen LogP contribution in [0.4, 0.5) is 11.5 Å². The Morgan fingerprint density at radius 3 is 2.59 bits per heavy atom. The zero-order valence-electron chi connectivity index (χ0n) is 19.1. The molecule has 3 heterocycles. The second-order valence-corrected chi connectivity index (χ2v) is 7.83. The fourth-order valence-corrected chi connectivity index (χ4v) is 3.26. The number of morpholine rings is 1. The smallest absolute Gasteiger partial charge is 0.170 e. The standard InChI is InChI=1S/C16H20N4O.C8H10N2O/c1-12-3-4-13(17-2)9-14(12)15-10-18-11-16(19-15)20-5-7-21-8-6-20;1-6(2)7-3-8(5-11)10-9-4-7/h3-4,9-11,17H,5-8H2,1-2H3;3-6H,1-2H3. The number of benzene rings is 1. The van der Waals surface area contributed by atoms with Crippen LogP contribution in [0.2, 0.25) is 0 Å². The molecule has 3 aromatic rings. The molecule has 0 aliphatic carbocycles. The van der Waals surface area contributed by atoms with Crippen molar-refractivity contribution >= 4 is 17.8 Å². The first-order valence-corrected chi connectivity index (χ1v) is 10.7. The number of aryl methyl sites for hydroxylation is 1. The van der Waals surface area contributed by atoms with Crippen molar-refractivity contribution in [1.29, 1.82) is 0 Å². The predicted octanol–water partition coefficient (Wildman–Crippen LogP) is 3.74. The zero-order valence-corrected chi connectivity index (χ0v) is 19.1. The summed E-state index contributed by atoms with van der Waals surface area (Å²) in [6.45, 7) is 9.43. The minimum absolute atomic E-state index is 0.393. The summed E-state index contributed by atoms with van der Waals surface area (Å²) in [4.78, 5) is 21.6. The number of anilines is 2. The fourth-order valence-electron chi connectivity index (χ4n) is 3.26. The van der Waals surface area contributed by atoms with Gasteiger partial charge in [0.05, 0.1) is 37.5 Å². The predicted molar refractivity (Wildman–Crippen MR) is 126 cm³/mol. The van der Waals surface area contributed by atoms with Gasteiger partial charge in [-0.25, -0.2) is 4.98 Å². The second-order valence-electron chi connectivity index (χ2n) is 7.83. The lowest BCUT2D eigenvalue weighted by Gasteiger charge is -2.27. The van der Waals surface area contributed by atoms with Crippen LogP contribution in [0.5, 0.6) is 0 Å². The molecular weight excluding hydrogens is 404 g/mol. The van der Waals surface area contributed by atoms with Crippen LogP contribution in [0, 0.1) is 6.92 Å². The molecule has 32 heavy (non-hydrogen) atoms. The molecule has 0 saturated carbocycles. The molecule has 8 nitrogen and oxygen atoms in total. The molecule has 0 atom stereocenters. The van der Waals surface area contributed by atoms with E-state index in [1.807, 2.05) is 33.3 Å². The van der Waals surface area contributed by atoms with E-state index in [0.29, 0.717) is 17.9 Å². The Morgan fingerprint density at radius 1 is 1.12 bits per heavy atom. The van der Waals surface area contributed by atoms with Crippen molar-refractivity contribution in [1.82, 2.24) is 20.2 Å². The van der Waals surface area contributed by atoms with Crippen LogP contribution >= 0.6 is 0 Å². The van der Waals surface area contributed by atoms with Crippen molar-refractivity contribution in [2.45, 2.75) is 26.7 Å². The van der Waals surface area contributed by atoms with Crippen LogP contribution in [0.1, 0.15) is 41.4 Å². The monoisotopic (exact) mass is 434 g/mol. The maximum Gasteiger partial charge on any atom is 0.170 e. The lowest BCUT2D eigenvalue weighted by molar-refractivity contribution is 0.111. The molecule has 1 fully saturated rings. The van der Waals surface area contributed by atoms with Gasteiger partial charge in [0.15, 0.2) is 6.29 Å². The van der Waals surface area contributed by atoms with Gasteiger partial charge in [0.2, 0.25) is 0 Å². The van der Waals surface area contributed by atoms with E-state index in [1.165, 1.54) is 5.56 Å². The molecule has 1 N–H and O–H groups in total. The Labute approximate surface area is 189 Å². The maximum atomic E-state index is 10.3. The highest BCUT2D eigenvalue weighted by molar-refractivity contribution is 5.71. The molecule has 0 spiro atoms. The van der Waals surface area contributed by atoms with Crippen molar-refractivity contribution in [3.63, 3.8) is 0 Å². The largest absolute Gasteiger partial charge is 0.388 e. The van der Waals surface area contributed by atoms with Gasteiger partial charge in [-0.05, 0) is 42.2 Å². The van der Waals surface area contributed by atoms with Crippen LogP contribution in [0.3, 0.4) is 0 Å². The summed E-state index contributed by atoms with van der Waals surface area (Å²) in [6, 6.07) is 8.04. The van der Waals surface area contributed by atoms with Gasteiger partial charge in [0.25, 0.3) is 0 Å². The van der Waals surface area contributed by atoms with Crippen LogP contribution in [0.25, 0.3) is 11.3 Å². The van der Waals surface area contributed by atoms with E-state index in [-0.39, 0.29) is 0 Å². The van der Waals surface area contributed by atoms with Crippen molar-refractivity contribution < 1.29 is 9.53 Å². The summed E-state index contributed by atoms with van der Waals surface area (Å²) in [5, 5.41) is 10.5. The van der Waals surface area contributed by atoms with Gasteiger partial charge in [-0.2, -0.15) is 5.10 Å². The molecule has 4 rings (SSSR count). The molecular formula is C24H30N6O2. The SMILES string of the molecule is CC(C)c1cnnc(C=O)c1.CNc1ccc(C)c(-c2cncc(N3CCOCC3)n2)c1. The third kappa shape index (κ3) is 6.07. The molecule has 1 aliphatic heterocycles. The average Bonchev–Trinajstić information content (AvgIpc) is 2.85. The normalized spacial score (nSPS) is 13.3. The first-order valence-electron chi connectivity index (χ1n) is 10.7. The molecule has 0 unspecified atom stereocenters. The Morgan fingerprint density at radius 2 is 1.91 bits per heavy atom. The number of rotatable bonds is 5. The third-order valence-corrected chi connectivity index (χ3v) is 5.24. The molecule has 1 saturated heterocycles. The van der Waals surface area contributed by atoms with Gasteiger partial charge in [-0.15, -0.1) is 5.10 Å². The Balaban J connectivity index is 0.000000222. The zero-order chi connectivity index (χ0) is 22.9.